The second kappa shape index (κ2) is 4.84. The summed E-state index contributed by atoms with van der Waals surface area (Å²) >= 11 is 0. The van der Waals surface area contributed by atoms with Gasteiger partial charge >= 0.3 is 5.97 Å². The van der Waals surface area contributed by atoms with Crippen LogP contribution in [0.15, 0.2) is 4.52 Å². The SMILES string of the molecule is CC(C)C1(C(=O)O)CCN(Cc2noc(C3CC3)n2)C1. The molecule has 0 spiro atoms. The van der Waals surface area contributed by atoms with Crippen LogP contribution >= 0.6 is 0 Å². The number of nitrogens with zero attached hydrogens (tertiary/aromatic N) is 3. The van der Waals surface area contributed by atoms with Gasteiger partial charge in [0, 0.05) is 12.5 Å². The second-order valence-corrected chi connectivity index (χ2v) is 6.40. The topological polar surface area (TPSA) is 79.5 Å². The van der Waals surface area contributed by atoms with Gasteiger partial charge in [0.2, 0.25) is 5.89 Å². The molecule has 3 rings (SSSR count). The standard InChI is InChI=1S/C14H21N3O3/c1-9(2)14(13(18)19)5-6-17(8-14)7-11-15-12(20-16-11)10-3-4-10/h9-10H,3-8H2,1-2H3,(H,18,19). The zero-order valence-corrected chi connectivity index (χ0v) is 12.0. The molecule has 1 N–H and O–H groups in total. The van der Waals surface area contributed by atoms with Gasteiger partial charge in [-0.2, -0.15) is 4.98 Å². The van der Waals surface area contributed by atoms with Gasteiger partial charge in [0.15, 0.2) is 5.82 Å². The average molecular weight is 279 g/mol. The van der Waals surface area contributed by atoms with Crippen LogP contribution in [0.4, 0.5) is 0 Å². The Labute approximate surface area is 118 Å². The van der Waals surface area contributed by atoms with Crippen LogP contribution in [-0.4, -0.2) is 39.2 Å². The Hall–Kier alpha value is -1.43. The number of hydrogen-bond acceptors (Lipinski definition) is 5. The number of aliphatic carboxylic acids is 1. The van der Waals surface area contributed by atoms with E-state index in [9.17, 15) is 9.90 Å². The van der Waals surface area contributed by atoms with E-state index in [1.165, 1.54) is 0 Å². The first kappa shape index (κ1) is 13.5. The Balaban J connectivity index is 1.65. The third kappa shape index (κ3) is 2.32. The van der Waals surface area contributed by atoms with Crippen molar-refractivity contribution in [3.8, 4) is 0 Å². The number of aromatic nitrogens is 2. The molecule has 1 aromatic rings. The normalized spacial score (nSPS) is 27.4. The van der Waals surface area contributed by atoms with Crippen molar-refractivity contribution in [2.24, 2.45) is 11.3 Å². The van der Waals surface area contributed by atoms with E-state index in [0.717, 1.165) is 25.3 Å². The molecule has 0 radical (unpaired) electrons. The van der Waals surface area contributed by atoms with Crippen LogP contribution in [0.3, 0.4) is 0 Å². The second-order valence-electron chi connectivity index (χ2n) is 6.40. The molecule has 1 atom stereocenters. The molecule has 20 heavy (non-hydrogen) atoms. The lowest BCUT2D eigenvalue weighted by Gasteiger charge is -2.28. The lowest BCUT2D eigenvalue weighted by molar-refractivity contribution is -0.151. The summed E-state index contributed by atoms with van der Waals surface area (Å²) in [6.45, 7) is 5.89. The van der Waals surface area contributed by atoms with Gasteiger partial charge in [-0.05, 0) is 31.7 Å². The van der Waals surface area contributed by atoms with E-state index < -0.39 is 11.4 Å². The molecule has 2 aliphatic rings. The molecule has 1 unspecified atom stereocenters. The van der Waals surface area contributed by atoms with Crippen LogP contribution in [0.2, 0.25) is 0 Å². The molecule has 1 saturated heterocycles. The van der Waals surface area contributed by atoms with Gasteiger partial charge in [-0.1, -0.05) is 19.0 Å². The van der Waals surface area contributed by atoms with E-state index in [-0.39, 0.29) is 5.92 Å². The first-order chi connectivity index (χ1) is 9.51. The van der Waals surface area contributed by atoms with E-state index in [1.54, 1.807) is 0 Å². The Morgan fingerprint density at radius 2 is 2.30 bits per heavy atom. The van der Waals surface area contributed by atoms with Crippen molar-refractivity contribution in [2.45, 2.75) is 45.6 Å². The molecule has 0 bridgehead atoms. The highest BCUT2D eigenvalue weighted by Crippen LogP contribution is 2.40. The molecule has 1 saturated carbocycles. The lowest BCUT2D eigenvalue weighted by Crippen LogP contribution is -2.39. The Morgan fingerprint density at radius 1 is 1.55 bits per heavy atom. The highest BCUT2D eigenvalue weighted by atomic mass is 16.5. The van der Waals surface area contributed by atoms with E-state index in [2.05, 4.69) is 15.0 Å². The van der Waals surface area contributed by atoms with E-state index >= 15 is 0 Å². The molecule has 2 fully saturated rings. The zero-order chi connectivity index (χ0) is 14.3. The van der Waals surface area contributed by atoms with Gasteiger partial charge in [0.1, 0.15) is 0 Å². The minimum Gasteiger partial charge on any atom is -0.481 e. The maximum atomic E-state index is 11.6. The number of rotatable bonds is 5. The van der Waals surface area contributed by atoms with E-state index in [0.29, 0.717) is 31.3 Å². The molecule has 1 aliphatic heterocycles. The predicted molar refractivity (Wildman–Crippen MR) is 71.1 cm³/mol. The fourth-order valence-electron chi connectivity index (χ4n) is 2.97. The highest BCUT2D eigenvalue weighted by molar-refractivity contribution is 5.75. The van der Waals surface area contributed by atoms with Crippen molar-refractivity contribution in [1.82, 2.24) is 15.0 Å². The quantitative estimate of drug-likeness (QED) is 0.886. The van der Waals surface area contributed by atoms with E-state index in [1.807, 2.05) is 13.8 Å². The summed E-state index contributed by atoms with van der Waals surface area (Å²) in [7, 11) is 0. The molecule has 6 heteroatoms. The number of likely N-dealkylation sites (tertiary alicyclic amines) is 1. The van der Waals surface area contributed by atoms with Gasteiger partial charge in [-0.3, -0.25) is 9.69 Å². The predicted octanol–water partition coefficient (Wildman–Crippen LogP) is 1.88. The third-order valence-electron chi connectivity index (χ3n) is 4.69. The number of carboxylic acid groups (broad SMARTS) is 1. The minimum absolute atomic E-state index is 0.122. The summed E-state index contributed by atoms with van der Waals surface area (Å²) in [6.07, 6.45) is 2.97. The fraction of sp³-hybridized carbons (Fsp3) is 0.786. The van der Waals surface area contributed by atoms with Crippen molar-refractivity contribution >= 4 is 5.97 Å². The first-order valence-electron chi connectivity index (χ1n) is 7.29. The molecule has 1 aromatic heterocycles. The summed E-state index contributed by atoms with van der Waals surface area (Å²) < 4.78 is 5.24. The molecule has 0 amide bonds. The van der Waals surface area contributed by atoms with E-state index in [4.69, 9.17) is 4.52 Å². The molecule has 1 aliphatic carbocycles. The molecule has 6 nitrogen and oxygen atoms in total. The fourth-order valence-corrected chi connectivity index (χ4v) is 2.97. The van der Waals surface area contributed by atoms with Crippen molar-refractivity contribution in [3.63, 3.8) is 0 Å². The molecular formula is C14H21N3O3. The molecule has 110 valence electrons. The van der Waals surface area contributed by atoms with Gasteiger partial charge in [0.05, 0.1) is 12.0 Å². The lowest BCUT2D eigenvalue weighted by atomic mass is 9.76. The number of carbonyl (C=O) groups is 1. The summed E-state index contributed by atoms with van der Waals surface area (Å²) in [4.78, 5) is 18.1. The van der Waals surface area contributed by atoms with Gasteiger partial charge in [-0.15, -0.1) is 0 Å². The summed E-state index contributed by atoms with van der Waals surface area (Å²) in [5.41, 5.74) is -0.636. The highest BCUT2D eigenvalue weighted by Gasteiger charge is 2.47. The number of carboxylic acids is 1. The van der Waals surface area contributed by atoms with Crippen molar-refractivity contribution < 1.29 is 14.4 Å². The van der Waals surface area contributed by atoms with Crippen LogP contribution in [0.5, 0.6) is 0 Å². The van der Waals surface area contributed by atoms with Crippen molar-refractivity contribution in [3.05, 3.63) is 11.7 Å². The minimum atomic E-state index is -0.693. The van der Waals surface area contributed by atoms with Gasteiger partial charge in [-0.25, -0.2) is 0 Å². The average Bonchev–Trinajstić information content (AvgIpc) is 2.98. The summed E-state index contributed by atoms with van der Waals surface area (Å²) in [6, 6.07) is 0. The van der Waals surface area contributed by atoms with Crippen molar-refractivity contribution in [2.75, 3.05) is 13.1 Å². The van der Waals surface area contributed by atoms with Crippen LogP contribution in [0.1, 0.15) is 50.7 Å². The van der Waals surface area contributed by atoms with Gasteiger partial charge in [0.25, 0.3) is 0 Å². The monoisotopic (exact) mass is 279 g/mol. The first-order valence-corrected chi connectivity index (χ1v) is 7.29. The maximum absolute atomic E-state index is 11.6. The van der Waals surface area contributed by atoms with Crippen LogP contribution < -0.4 is 0 Å². The number of hydrogen-bond donors (Lipinski definition) is 1. The Bertz CT molecular complexity index is 510. The molecule has 2 heterocycles. The van der Waals surface area contributed by atoms with Crippen molar-refractivity contribution in [1.29, 1.82) is 0 Å². The van der Waals surface area contributed by atoms with Crippen LogP contribution in [0, 0.1) is 11.3 Å². The van der Waals surface area contributed by atoms with Crippen LogP contribution in [-0.2, 0) is 11.3 Å². The molecule has 0 aromatic carbocycles. The largest absolute Gasteiger partial charge is 0.481 e. The third-order valence-corrected chi connectivity index (χ3v) is 4.69. The van der Waals surface area contributed by atoms with Gasteiger partial charge < -0.3 is 9.63 Å². The maximum Gasteiger partial charge on any atom is 0.311 e. The smallest absolute Gasteiger partial charge is 0.311 e. The van der Waals surface area contributed by atoms with Crippen LogP contribution in [0.25, 0.3) is 0 Å². The Morgan fingerprint density at radius 3 is 2.85 bits per heavy atom. The molecular weight excluding hydrogens is 258 g/mol. The Kier molecular flexibility index (Phi) is 3.28. The summed E-state index contributed by atoms with van der Waals surface area (Å²) in [5, 5.41) is 13.5. The summed E-state index contributed by atoms with van der Waals surface area (Å²) in [5.74, 6) is 1.31. The zero-order valence-electron chi connectivity index (χ0n) is 12.0.